The predicted molar refractivity (Wildman–Crippen MR) is 104 cm³/mol. The molecule has 0 aliphatic carbocycles. The zero-order valence-electron chi connectivity index (χ0n) is 14.7. The van der Waals surface area contributed by atoms with Crippen LogP contribution in [0.2, 0.25) is 0 Å². The third-order valence-corrected chi connectivity index (χ3v) is 6.58. The van der Waals surface area contributed by atoms with Crippen molar-refractivity contribution in [2.75, 3.05) is 5.75 Å². The topological polar surface area (TPSA) is 68.5 Å². The molecule has 7 heteroatoms. The first-order valence-corrected chi connectivity index (χ1v) is 10.8. The van der Waals surface area contributed by atoms with Gasteiger partial charge < -0.3 is 4.57 Å². The SMILES string of the molecule is CCCn1c(=NC(=O)CS(=O)(=O)c2ccccc2)sc2cc(C)ccc21. The Morgan fingerprint density at radius 2 is 1.88 bits per heavy atom. The van der Waals surface area contributed by atoms with Crippen LogP contribution in [0.25, 0.3) is 10.2 Å². The zero-order chi connectivity index (χ0) is 18.7. The van der Waals surface area contributed by atoms with Crippen molar-refractivity contribution in [1.29, 1.82) is 0 Å². The van der Waals surface area contributed by atoms with Crippen LogP contribution >= 0.6 is 11.3 Å². The van der Waals surface area contributed by atoms with E-state index in [4.69, 9.17) is 0 Å². The molecule has 3 rings (SSSR count). The number of fused-ring (bicyclic) bond motifs is 1. The van der Waals surface area contributed by atoms with Crippen LogP contribution in [0.15, 0.2) is 58.4 Å². The second-order valence-electron chi connectivity index (χ2n) is 6.09. The molecule has 0 bridgehead atoms. The van der Waals surface area contributed by atoms with Gasteiger partial charge in [0.25, 0.3) is 5.91 Å². The summed E-state index contributed by atoms with van der Waals surface area (Å²) < 4.78 is 27.8. The molecule has 0 spiro atoms. The van der Waals surface area contributed by atoms with Crippen molar-refractivity contribution >= 4 is 37.3 Å². The zero-order valence-corrected chi connectivity index (χ0v) is 16.3. The number of sulfone groups is 1. The third-order valence-electron chi connectivity index (χ3n) is 3.92. The van der Waals surface area contributed by atoms with Crippen molar-refractivity contribution in [1.82, 2.24) is 4.57 Å². The Bertz CT molecular complexity index is 1110. The van der Waals surface area contributed by atoms with E-state index in [0.717, 1.165) is 28.7 Å². The minimum Gasteiger partial charge on any atom is -0.316 e. The lowest BCUT2D eigenvalue weighted by molar-refractivity contribution is -0.115. The van der Waals surface area contributed by atoms with Crippen molar-refractivity contribution in [2.45, 2.75) is 31.7 Å². The van der Waals surface area contributed by atoms with Crippen LogP contribution in [-0.4, -0.2) is 24.6 Å². The molecule has 26 heavy (non-hydrogen) atoms. The summed E-state index contributed by atoms with van der Waals surface area (Å²) in [6.07, 6.45) is 0.892. The highest BCUT2D eigenvalue weighted by atomic mass is 32.2. The van der Waals surface area contributed by atoms with Crippen molar-refractivity contribution in [3.05, 3.63) is 58.9 Å². The number of nitrogens with zero attached hydrogens (tertiary/aromatic N) is 2. The minimum atomic E-state index is -3.69. The molecule has 1 amide bonds. The first-order chi connectivity index (χ1) is 12.4. The molecule has 0 saturated carbocycles. The van der Waals surface area contributed by atoms with Crippen LogP contribution in [0.4, 0.5) is 0 Å². The lowest BCUT2D eigenvalue weighted by Gasteiger charge is -2.03. The Morgan fingerprint density at radius 1 is 1.15 bits per heavy atom. The van der Waals surface area contributed by atoms with E-state index in [9.17, 15) is 13.2 Å². The van der Waals surface area contributed by atoms with Gasteiger partial charge in [-0.15, -0.1) is 0 Å². The van der Waals surface area contributed by atoms with E-state index in [0.29, 0.717) is 4.80 Å². The lowest BCUT2D eigenvalue weighted by Crippen LogP contribution is -2.21. The molecule has 136 valence electrons. The molecule has 1 aromatic heterocycles. The van der Waals surface area contributed by atoms with Crippen LogP contribution in [-0.2, 0) is 21.2 Å². The van der Waals surface area contributed by atoms with E-state index in [1.165, 1.54) is 23.5 Å². The van der Waals surface area contributed by atoms with E-state index < -0.39 is 21.5 Å². The summed E-state index contributed by atoms with van der Waals surface area (Å²) >= 11 is 1.41. The molecule has 0 fully saturated rings. The molecule has 5 nitrogen and oxygen atoms in total. The Morgan fingerprint density at radius 3 is 2.58 bits per heavy atom. The number of carbonyl (C=O) groups is 1. The highest BCUT2D eigenvalue weighted by Crippen LogP contribution is 2.19. The van der Waals surface area contributed by atoms with Gasteiger partial charge in [-0.2, -0.15) is 4.99 Å². The fourth-order valence-electron chi connectivity index (χ4n) is 2.72. The maximum absolute atomic E-state index is 12.4. The number of benzene rings is 2. The second kappa shape index (κ2) is 7.55. The molecule has 0 aliphatic rings. The van der Waals surface area contributed by atoms with Gasteiger partial charge in [-0.3, -0.25) is 4.79 Å². The van der Waals surface area contributed by atoms with Gasteiger partial charge in [0.05, 0.1) is 15.1 Å². The number of amides is 1. The number of rotatable bonds is 5. The maximum atomic E-state index is 12.4. The Labute approximate surface area is 156 Å². The predicted octanol–water partition coefficient (Wildman–Crippen LogP) is 3.32. The summed E-state index contributed by atoms with van der Waals surface area (Å²) in [5.74, 6) is -1.28. The number of carbonyl (C=O) groups excluding carboxylic acids is 1. The summed E-state index contributed by atoms with van der Waals surface area (Å²) in [4.78, 5) is 17.1. The standard InChI is InChI=1S/C19H20N2O3S2/c1-3-11-21-16-10-9-14(2)12-17(16)25-19(21)20-18(22)13-26(23,24)15-7-5-4-6-8-15/h4-10,12H,3,11,13H2,1-2H3. The Hall–Kier alpha value is -2.25. The number of aromatic nitrogens is 1. The molecule has 2 aromatic carbocycles. The van der Waals surface area contributed by atoms with E-state index in [1.807, 2.05) is 23.6 Å². The molecular formula is C19H20N2O3S2. The molecular weight excluding hydrogens is 368 g/mol. The van der Waals surface area contributed by atoms with Crippen LogP contribution in [0.1, 0.15) is 18.9 Å². The van der Waals surface area contributed by atoms with E-state index in [2.05, 4.69) is 18.0 Å². The number of thiazole rings is 1. The van der Waals surface area contributed by atoms with Crippen molar-refractivity contribution in [3.63, 3.8) is 0 Å². The van der Waals surface area contributed by atoms with E-state index in [-0.39, 0.29) is 4.90 Å². The average molecular weight is 389 g/mol. The summed E-state index contributed by atoms with van der Waals surface area (Å²) in [5, 5.41) is 0. The third kappa shape index (κ3) is 3.94. The summed E-state index contributed by atoms with van der Waals surface area (Å²) in [6, 6.07) is 14.1. The van der Waals surface area contributed by atoms with Gasteiger partial charge in [0.15, 0.2) is 14.6 Å². The molecule has 3 aromatic rings. The molecule has 0 saturated heterocycles. The number of aryl methyl sites for hydroxylation is 2. The normalized spacial score (nSPS) is 12.6. The molecule has 1 heterocycles. The quantitative estimate of drug-likeness (QED) is 0.673. The first kappa shape index (κ1) is 18.5. The van der Waals surface area contributed by atoms with Crippen molar-refractivity contribution in [3.8, 4) is 0 Å². The van der Waals surface area contributed by atoms with Gasteiger partial charge in [0, 0.05) is 6.54 Å². The summed E-state index contributed by atoms with van der Waals surface area (Å²) in [6.45, 7) is 4.79. The molecule has 0 atom stereocenters. The van der Waals surface area contributed by atoms with Gasteiger partial charge in [-0.1, -0.05) is 42.5 Å². The van der Waals surface area contributed by atoms with Crippen LogP contribution in [0.3, 0.4) is 0 Å². The fraction of sp³-hybridized carbons (Fsp3) is 0.263. The van der Waals surface area contributed by atoms with Gasteiger partial charge >= 0.3 is 0 Å². The smallest absolute Gasteiger partial charge is 0.263 e. The minimum absolute atomic E-state index is 0.136. The Balaban J connectivity index is 1.99. The van der Waals surface area contributed by atoms with Gasteiger partial charge in [0.2, 0.25) is 0 Å². The lowest BCUT2D eigenvalue weighted by atomic mass is 10.2. The van der Waals surface area contributed by atoms with Crippen LogP contribution in [0, 0.1) is 6.92 Å². The number of hydrogen-bond acceptors (Lipinski definition) is 4. The van der Waals surface area contributed by atoms with E-state index >= 15 is 0 Å². The second-order valence-corrected chi connectivity index (χ2v) is 9.08. The first-order valence-electron chi connectivity index (χ1n) is 8.36. The molecule has 0 N–H and O–H groups in total. The molecule has 0 unspecified atom stereocenters. The van der Waals surface area contributed by atoms with Crippen molar-refractivity contribution < 1.29 is 13.2 Å². The van der Waals surface area contributed by atoms with E-state index in [1.54, 1.807) is 18.2 Å². The molecule has 0 radical (unpaired) electrons. The van der Waals surface area contributed by atoms with Gasteiger partial charge in [0.1, 0.15) is 5.75 Å². The van der Waals surface area contributed by atoms with Gasteiger partial charge in [-0.25, -0.2) is 8.42 Å². The van der Waals surface area contributed by atoms with Crippen molar-refractivity contribution in [2.24, 2.45) is 4.99 Å². The highest BCUT2D eigenvalue weighted by molar-refractivity contribution is 7.92. The highest BCUT2D eigenvalue weighted by Gasteiger charge is 2.19. The van der Waals surface area contributed by atoms with Gasteiger partial charge in [-0.05, 0) is 43.2 Å². The monoisotopic (exact) mass is 388 g/mol. The fourth-order valence-corrected chi connectivity index (χ4v) is 5.02. The molecule has 0 aliphatic heterocycles. The maximum Gasteiger partial charge on any atom is 0.263 e. The summed E-state index contributed by atoms with van der Waals surface area (Å²) in [7, 11) is -3.69. The largest absolute Gasteiger partial charge is 0.316 e. The average Bonchev–Trinajstić information content (AvgIpc) is 2.92. The van der Waals surface area contributed by atoms with Crippen LogP contribution < -0.4 is 4.80 Å². The van der Waals surface area contributed by atoms with Crippen LogP contribution in [0.5, 0.6) is 0 Å². The number of hydrogen-bond donors (Lipinski definition) is 0. The Kier molecular flexibility index (Phi) is 5.38. The summed E-state index contributed by atoms with van der Waals surface area (Å²) in [5.41, 5.74) is 2.15.